The van der Waals surface area contributed by atoms with Crippen molar-refractivity contribution in [3.8, 4) is 0 Å². The predicted molar refractivity (Wildman–Crippen MR) is 176 cm³/mol. The Labute approximate surface area is 262 Å². The molecule has 3 aliphatic rings. The van der Waals surface area contributed by atoms with E-state index >= 15 is 14.4 Å². The van der Waals surface area contributed by atoms with Gasteiger partial charge in [0.05, 0.1) is 28.4 Å². The lowest BCUT2D eigenvalue weighted by molar-refractivity contribution is -0.130. The van der Waals surface area contributed by atoms with Crippen LogP contribution in [-0.2, 0) is 31.6 Å². The van der Waals surface area contributed by atoms with Crippen LogP contribution in [0.5, 0.6) is 0 Å². The Bertz CT molecular complexity index is 1880. The van der Waals surface area contributed by atoms with Gasteiger partial charge in [0.15, 0.2) is 5.78 Å². The number of para-hydroxylation sites is 1. The van der Waals surface area contributed by atoms with Crippen molar-refractivity contribution in [1.29, 1.82) is 0 Å². The van der Waals surface area contributed by atoms with Crippen molar-refractivity contribution in [3.63, 3.8) is 0 Å². The zero-order chi connectivity index (χ0) is 30.8. The molecule has 4 nitrogen and oxygen atoms in total. The summed E-state index contributed by atoms with van der Waals surface area (Å²) in [5.74, 6) is -2.59. The number of fused-ring (bicyclic) bond motifs is 5. The highest BCUT2D eigenvalue weighted by Gasteiger charge is 2.82. The van der Waals surface area contributed by atoms with Gasteiger partial charge in [0.25, 0.3) is 0 Å². The number of ketones is 1. The molecule has 2 aliphatic carbocycles. The average molecular weight is 586 g/mol. The van der Waals surface area contributed by atoms with Crippen LogP contribution in [0.25, 0.3) is 11.1 Å². The topological polar surface area (TPSA) is 54.5 Å². The van der Waals surface area contributed by atoms with Crippen LogP contribution in [0.1, 0.15) is 34.7 Å². The summed E-state index contributed by atoms with van der Waals surface area (Å²) in [6, 6.07) is 46.8. The van der Waals surface area contributed by atoms with Crippen LogP contribution in [0, 0.1) is 11.8 Å². The summed E-state index contributed by atoms with van der Waals surface area (Å²) >= 11 is 0. The number of anilines is 1. The number of hydrogen-bond donors (Lipinski definition) is 0. The molecule has 45 heavy (non-hydrogen) atoms. The molecule has 2 amide bonds. The molecule has 1 saturated heterocycles. The first-order valence-electron chi connectivity index (χ1n) is 15.6. The van der Waals surface area contributed by atoms with Crippen LogP contribution in [0.4, 0.5) is 5.69 Å². The third-order valence-electron chi connectivity index (χ3n) is 10.2. The van der Waals surface area contributed by atoms with E-state index in [0.717, 1.165) is 39.0 Å². The van der Waals surface area contributed by atoms with Crippen molar-refractivity contribution >= 4 is 34.4 Å². The van der Waals surface area contributed by atoms with Gasteiger partial charge in [-0.1, -0.05) is 146 Å². The largest absolute Gasteiger partial charge is 0.297 e. The summed E-state index contributed by atoms with van der Waals surface area (Å²) in [5, 5.41) is 0. The number of imide groups is 1. The number of aryl methyl sites for hydroxylation is 1. The standard InChI is InChI=1S/C41H31NO3/c1-2-27-17-15-16-26-32(27)42-37(43)35-36(38(42)44)41(31-24-13-6-14-25-31)34(29-20-9-4-10-21-29)33(28-18-7-3-8-19-28)40(35,39(41)45)30-22-11-5-12-23-30/h3-26,35-36H,2H2,1H3. The summed E-state index contributed by atoms with van der Waals surface area (Å²) in [6.07, 6.45) is 0.665. The number of Topliss-reactive ketones (excluding diaryl/α,β-unsaturated/α-hetero) is 1. The fourth-order valence-electron chi connectivity index (χ4n) is 8.60. The van der Waals surface area contributed by atoms with Gasteiger partial charge in [-0.2, -0.15) is 0 Å². The summed E-state index contributed by atoms with van der Waals surface area (Å²) in [4.78, 5) is 47.5. The first-order chi connectivity index (χ1) is 22.1. The van der Waals surface area contributed by atoms with E-state index < -0.39 is 22.7 Å². The summed E-state index contributed by atoms with van der Waals surface area (Å²) in [5.41, 5.74) is 3.57. The normalized spacial score (nSPS) is 25.3. The highest BCUT2D eigenvalue weighted by molar-refractivity contribution is 6.39. The van der Waals surface area contributed by atoms with E-state index in [4.69, 9.17) is 0 Å². The minimum absolute atomic E-state index is 0.106. The summed E-state index contributed by atoms with van der Waals surface area (Å²) < 4.78 is 0. The third kappa shape index (κ3) is 3.40. The van der Waals surface area contributed by atoms with Gasteiger partial charge in [-0.15, -0.1) is 0 Å². The smallest absolute Gasteiger partial charge is 0.239 e. The molecule has 2 fully saturated rings. The van der Waals surface area contributed by atoms with Gasteiger partial charge in [-0.25, -0.2) is 4.90 Å². The van der Waals surface area contributed by atoms with Crippen molar-refractivity contribution in [1.82, 2.24) is 0 Å². The number of carbonyl (C=O) groups excluding carboxylic acids is 3. The predicted octanol–water partition coefficient (Wildman–Crippen LogP) is 7.44. The average Bonchev–Trinajstić information content (AvgIpc) is 3.61. The summed E-state index contributed by atoms with van der Waals surface area (Å²) in [6.45, 7) is 2.03. The lowest BCUT2D eigenvalue weighted by Gasteiger charge is -2.39. The molecule has 1 aliphatic heterocycles. The van der Waals surface area contributed by atoms with E-state index in [1.54, 1.807) is 0 Å². The number of rotatable bonds is 6. The molecule has 4 atom stereocenters. The molecule has 0 N–H and O–H groups in total. The third-order valence-corrected chi connectivity index (χ3v) is 10.2. The quantitative estimate of drug-likeness (QED) is 0.195. The van der Waals surface area contributed by atoms with Gasteiger partial charge in [0, 0.05) is 0 Å². The van der Waals surface area contributed by atoms with Crippen LogP contribution in [0.2, 0.25) is 0 Å². The Kier molecular flexibility index (Phi) is 6.11. The molecule has 4 unspecified atom stereocenters. The van der Waals surface area contributed by atoms with E-state index in [-0.39, 0.29) is 17.6 Å². The molecule has 8 rings (SSSR count). The Hall–Kier alpha value is -5.35. The van der Waals surface area contributed by atoms with Gasteiger partial charge < -0.3 is 0 Å². The minimum Gasteiger partial charge on any atom is -0.297 e. The van der Waals surface area contributed by atoms with E-state index in [9.17, 15) is 0 Å². The number of hydrogen-bond acceptors (Lipinski definition) is 3. The molecule has 0 aromatic heterocycles. The molecule has 0 radical (unpaired) electrons. The minimum atomic E-state index is -1.39. The molecule has 5 aromatic carbocycles. The van der Waals surface area contributed by atoms with Crippen molar-refractivity contribution in [2.75, 3.05) is 4.90 Å². The molecule has 4 heteroatoms. The van der Waals surface area contributed by atoms with Gasteiger partial charge in [0.2, 0.25) is 11.8 Å². The van der Waals surface area contributed by atoms with E-state index in [1.807, 2.05) is 153 Å². The zero-order valence-electron chi connectivity index (χ0n) is 24.9. The van der Waals surface area contributed by atoms with E-state index in [1.165, 1.54) is 4.90 Å². The fraction of sp³-hybridized carbons (Fsp3) is 0.146. The lowest BCUT2D eigenvalue weighted by atomic mass is 9.59. The highest BCUT2D eigenvalue weighted by Crippen LogP contribution is 2.74. The molecular weight excluding hydrogens is 554 g/mol. The van der Waals surface area contributed by atoms with Crippen LogP contribution < -0.4 is 4.90 Å². The first-order valence-corrected chi connectivity index (χ1v) is 15.6. The maximum absolute atomic E-state index is 15.9. The monoisotopic (exact) mass is 585 g/mol. The number of nitrogens with zero attached hydrogens (tertiary/aromatic N) is 1. The Morgan fingerprint density at radius 1 is 0.511 bits per heavy atom. The van der Waals surface area contributed by atoms with Gasteiger partial charge in [-0.05, 0) is 51.5 Å². The van der Waals surface area contributed by atoms with Crippen LogP contribution in [0.15, 0.2) is 146 Å². The van der Waals surface area contributed by atoms with Gasteiger partial charge in [0.1, 0.15) is 0 Å². The van der Waals surface area contributed by atoms with Crippen molar-refractivity contribution in [2.45, 2.75) is 24.2 Å². The lowest BCUT2D eigenvalue weighted by Crippen LogP contribution is -2.45. The fourth-order valence-corrected chi connectivity index (χ4v) is 8.60. The number of carbonyl (C=O) groups is 3. The van der Waals surface area contributed by atoms with E-state index in [0.29, 0.717) is 12.1 Å². The molecule has 5 aromatic rings. The van der Waals surface area contributed by atoms with Crippen molar-refractivity contribution in [3.05, 3.63) is 173 Å². The molecule has 0 spiro atoms. The second-order valence-electron chi connectivity index (χ2n) is 12.1. The Balaban J connectivity index is 1.56. The maximum atomic E-state index is 15.9. The van der Waals surface area contributed by atoms with Crippen LogP contribution in [0.3, 0.4) is 0 Å². The molecule has 218 valence electrons. The molecule has 2 bridgehead atoms. The van der Waals surface area contributed by atoms with Crippen molar-refractivity contribution in [2.24, 2.45) is 11.8 Å². The number of amides is 2. The highest BCUT2D eigenvalue weighted by atomic mass is 16.2. The maximum Gasteiger partial charge on any atom is 0.239 e. The van der Waals surface area contributed by atoms with Gasteiger partial charge in [-0.3, -0.25) is 14.4 Å². The molecule has 1 heterocycles. The molecular formula is C41H31NO3. The van der Waals surface area contributed by atoms with E-state index in [2.05, 4.69) is 0 Å². The second-order valence-corrected chi connectivity index (χ2v) is 12.1. The second kappa shape index (κ2) is 10.1. The van der Waals surface area contributed by atoms with Gasteiger partial charge >= 0.3 is 0 Å². The van der Waals surface area contributed by atoms with Crippen LogP contribution in [-0.4, -0.2) is 17.6 Å². The molecule has 1 saturated carbocycles. The van der Waals surface area contributed by atoms with Crippen molar-refractivity contribution < 1.29 is 14.4 Å². The summed E-state index contributed by atoms with van der Waals surface area (Å²) in [7, 11) is 0. The first kappa shape index (κ1) is 27.2. The van der Waals surface area contributed by atoms with Crippen LogP contribution >= 0.6 is 0 Å². The Morgan fingerprint density at radius 2 is 0.889 bits per heavy atom. The SMILES string of the molecule is CCc1ccccc1N1C(=O)C2C(C1=O)C1(c3ccccc3)C(=O)C2(c2ccccc2)C(c2ccccc2)=C1c1ccccc1. The zero-order valence-corrected chi connectivity index (χ0v) is 24.9. The number of benzene rings is 5. The number of allylic oxidation sites excluding steroid dienone is 2. The Morgan fingerprint density at radius 3 is 1.31 bits per heavy atom.